The number of halogens is 3. The van der Waals surface area contributed by atoms with Crippen molar-refractivity contribution in [3.05, 3.63) is 71.9 Å². The fourth-order valence-electron chi connectivity index (χ4n) is 2.97. The fraction of sp³-hybridized carbons (Fsp3) is 0.238. The standard InChI is InChI=1S/C21H20F3NO/c1-14(2)16-8-10-18(11-9-16)25-15(3)7-12-20(25)17-5-4-6-19(13-17)26-21(22,23)24/h4-14H,1-3H3. The second-order valence-electron chi connectivity index (χ2n) is 6.52. The Morgan fingerprint density at radius 2 is 1.62 bits per heavy atom. The Balaban J connectivity index is 2.02. The van der Waals surface area contributed by atoms with Gasteiger partial charge in [-0.1, -0.05) is 38.1 Å². The normalized spacial score (nSPS) is 11.8. The number of alkyl halides is 3. The maximum Gasteiger partial charge on any atom is 0.573 e. The number of rotatable bonds is 4. The van der Waals surface area contributed by atoms with Gasteiger partial charge < -0.3 is 9.30 Å². The maximum atomic E-state index is 12.5. The van der Waals surface area contributed by atoms with Gasteiger partial charge in [0.2, 0.25) is 0 Å². The Labute approximate surface area is 150 Å². The Hall–Kier alpha value is -2.69. The minimum Gasteiger partial charge on any atom is -0.406 e. The number of benzene rings is 2. The SMILES string of the molecule is Cc1ccc(-c2cccc(OC(F)(F)F)c2)n1-c1ccc(C(C)C)cc1. The zero-order chi connectivity index (χ0) is 18.9. The summed E-state index contributed by atoms with van der Waals surface area (Å²) in [5.41, 5.74) is 4.68. The summed E-state index contributed by atoms with van der Waals surface area (Å²) >= 11 is 0. The number of nitrogens with zero attached hydrogens (tertiary/aromatic N) is 1. The van der Waals surface area contributed by atoms with Crippen LogP contribution in [0.15, 0.2) is 60.7 Å². The highest BCUT2D eigenvalue weighted by Gasteiger charge is 2.31. The largest absolute Gasteiger partial charge is 0.573 e. The number of aryl methyl sites for hydroxylation is 1. The van der Waals surface area contributed by atoms with Crippen LogP contribution in [0.25, 0.3) is 16.9 Å². The summed E-state index contributed by atoms with van der Waals surface area (Å²) in [5, 5.41) is 0. The number of ether oxygens (including phenoxy) is 1. The van der Waals surface area contributed by atoms with Gasteiger partial charge in [-0.15, -0.1) is 13.2 Å². The summed E-state index contributed by atoms with van der Waals surface area (Å²) in [6.45, 7) is 6.23. The van der Waals surface area contributed by atoms with Crippen molar-refractivity contribution in [3.63, 3.8) is 0 Å². The molecule has 0 saturated heterocycles. The van der Waals surface area contributed by atoms with Gasteiger partial charge in [0.25, 0.3) is 0 Å². The van der Waals surface area contributed by atoms with E-state index in [4.69, 9.17) is 0 Å². The van der Waals surface area contributed by atoms with Crippen molar-refractivity contribution in [2.45, 2.75) is 33.1 Å². The lowest BCUT2D eigenvalue weighted by Crippen LogP contribution is -2.17. The molecule has 0 unspecified atom stereocenters. The van der Waals surface area contributed by atoms with Crippen LogP contribution < -0.4 is 4.74 Å². The molecule has 3 rings (SSSR count). The molecular formula is C21H20F3NO. The van der Waals surface area contributed by atoms with E-state index in [0.717, 1.165) is 17.1 Å². The average molecular weight is 359 g/mol. The number of hydrogen-bond acceptors (Lipinski definition) is 1. The molecule has 0 fully saturated rings. The summed E-state index contributed by atoms with van der Waals surface area (Å²) in [7, 11) is 0. The predicted octanol–water partition coefficient (Wildman–Crippen LogP) is 6.47. The van der Waals surface area contributed by atoms with Crippen LogP contribution in [0.3, 0.4) is 0 Å². The number of hydrogen-bond donors (Lipinski definition) is 0. The van der Waals surface area contributed by atoms with E-state index in [2.05, 4.69) is 30.7 Å². The second kappa shape index (κ2) is 6.90. The van der Waals surface area contributed by atoms with Crippen molar-refractivity contribution in [2.24, 2.45) is 0 Å². The third kappa shape index (κ3) is 3.93. The molecule has 3 aromatic rings. The molecule has 0 aliphatic carbocycles. The molecule has 0 amide bonds. The smallest absolute Gasteiger partial charge is 0.406 e. The van der Waals surface area contributed by atoms with E-state index < -0.39 is 6.36 Å². The molecule has 5 heteroatoms. The van der Waals surface area contributed by atoms with E-state index >= 15 is 0 Å². The quantitative estimate of drug-likeness (QED) is 0.520. The third-order valence-corrected chi connectivity index (χ3v) is 4.26. The van der Waals surface area contributed by atoms with Gasteiger partial charge in [0, 0.05) is 16.9 Å². The molecule has 0 aliphatic rings. The zero-order valence-corrected chi connectivity index (χ0v) is 14.8. The van der Waals surface area contributed by atoms with Crippen LogP contribution in [-0.4, -0.2) is 10.9 Å². The summed E-state index contributed by atoms with van der Waals surface area (Å²) in [6, 6.07) is 18.1. The topological polar surface area (TPSA) is 14.2 Å². The predicted molar refractivity (Wildman–Crippen MR) is 96.7 cm³/mol. The lowest BCUT2D eigenvalue weighted by atomic mass is 10.0. The Kier molecular flexibility index (Phi) is 4.81. The molecule has 0 spiro atoms. The maximum absolute atomic E-state index is 12.5. The van der Waals surface area contributed by atoms with Crippen LogP contribution in [0.2, 0.25) is 0 Å². The van der Waals surface area contributed by atoms with Gasteiger partial charge in [-0.05, 0) is 54.8 Å². The van der Waals surface area contributed by atoms with Crippen LogP contribution in [0.1, 0.15) is 31.0 Å². The van der Waals surface area contributed by atoms with Crippen molar-refractivity contribution in [2.75, 3.05) is 0 Å². The van der Waals surface area contributed by atoms with Crippen LogP contribution in [0, 0.1) is 6.92 Å². The molecule has 0 radical (unpaired) electrons. The van der Waals surface area contributed by atoms with Crippen molar-refractivity contribution >= 4 is 0 Å². The molecule has 2 aromatic carbocycles. The highest BCUT2D eigenvalue weighted by molar-refractivity contribution is 5.65. The molecule has 136 valence electrons. The third-order valence-electron chi connectivity index (χ3n) is 4.26. The van der Waals surface area contributed by atoms with E-state index in [-0.39, 0.29) is 5.75 Å². The van der Waals surface area contributed by atoms with Crippen molar-refractivity contribution in [1.82, 2.24) is 4.57 Å². The van der Waals surface area contributed by atoms with Crippen LogP contribution in [0.4, 0.5) is 13.2 Å². The fourth-order valence-corrected chi connectivity index (χ4v) is 2.97. The first kappa shape index (κ1) is 18.1. The van der Waals surface area contributed by atoms with E-state index in [1.54, 1.807) is 12.1 Å². The van der Waals surface area contributed by atoms with Crippen molar-refractivity contribution < 1.29 is 17.9 Å². The molecule has 1 aromatic heterocycles. The molecule has 1 heterocycles. The first-order valence-electron chi connectivity index (χ1n) is 8.39. The van der Waals surface area contributed by atoms with Gasteiger partial charge in [-0.25, -0.2) is 0 Å². The number of aromatic nitrogens is 1. The van der Waals surface area contributed by atoms with E-state index in [9.17, 15) is 13.2 Å². The average Bonchev–Trinajstić information content (AvgIpc) is 2.95. The Morgan fingerprint density at radius 1 is 0.923 bits per heavy atom. The zero-order valence-electron chi connectivity index (χ0n) is 14.8. The van der Waals surface area contributed by atoms with Gasteiger partial charge in [0.05, 0.1) is 5.69 Å². The monoisotopic (exact) mass is 359 g/mol. The highest BCUT2D eigenvalue weighted by Crippen LogP contribution is 2.31. The molecule has 0 saturated carbocycles. The molecule has 0 atom stereocenters. The van der Waals surface area contributed by atoms with Gasteiger partial charge in [0.1, 0.15) is 5.75 Å². The second-order valence-corrected chi connectivity index (χ2v) is 6.52. The minimum absolute atomic E-state index is 0.226. The van der Waals surface area contributed by atoms with Crippen LogP contribution in [-0.2, 0) is 0 Å². The molecule has 0 N–H and O–H groups in total. The van der Waals surface area contributed by atoms with Gasteiger partial charge in [-0.3, -0.25) is 0 Å². The summed E-state index contributed by atoms with van der Waals surface area (Å²) in [4.78, 5) is 0. The van der Waals surface area contributed by atoms with Crippen LogP contribution in [0.5, 0.6) is 5.75 Å². The minimum atomic E-state index is -4.71. The molecule has 0 aliphatic heterocycles. The molecule has 26 heavy (non-hydrogen) atoms. The van der Waals surface area contributed by atoms with E-state index in [1.165, 1.54) is 17.7 Å². The summed E-state index contributed by atoms with van der Waals surface area (Å²) < 4.78 is 43.6. The van der Waals surface area contributed by atoms with Crippen molar-refractivity contribution in [3.8, 4) is 22.7 Å². The first-order chi connectivity index (χ1) is 12.2. The molecule has 2 nitrogen and oxygen atoms in total. The Bertz CT molecular complexity index is 892. The first-order valence-corrected chi connectivity index (χ1v) is 8.39. The van der Waals surface area contributed by atoms with Gasteiger partial charge >= 0.3 is 6.36 Å². The Morgan fingerprint density at radius 3 is 2.23 bits per heavy atom. The summed E-state index contributed by atoms with van der Waals surface area (Å²) in [5.74, 6) is 0.209. The highest BCUT2D eigenvalue weighted by atomic mass is 19.4. The molecule has 0 bridgehead atoms. The van der Waals surface area contributed by atoms with E-state index in [1.807, 2.05) is 35.8 Å². The lowest BCUT2D eigenvalue weighted by molar-refractivity contribution is -0.274. The van der Waals surface area contributed by atoms with Crippen LogP contribution >= 0.6 is 0 Å². The summed E-state index contributed by atoms with van der Waals surface area (Å²) in [6.07, 6.45) is -4.71. The molecular weight excluding hydrogens is 339 g/mol. The van der Waals surface area contributed by atoms with Gasteiger partial charge in [-0.2, -0.15) is 0 Å². The lowest BCUT2D eigenvalue weighted by Gasteiger charge is -2.15. The van der Waals surface area contributed by atoms with E-state index in [0.29, 0.717) is 11.5 Å². The van der Waals surface area contributed by atoms with Crippen molar-refractivity contribution in [1.29, 1.82) is 0 Å². The van der Waals surface area contributed by atoms with Gasteiger partial charge in [0.15, 0.2) is 0 Å².